The monoisotopic (exact) mass is 326 g/mol. The summed E-state index contributed by atoms with van der Waals surface area (Å²) >= 11 is 6.21. The van der Waals surface area contributed by atoms with Gasteiger partial charge in [0.25, 0.3) is 0 Å². The van der Waals surface area contributed by atoms with Crippen LogP contribution in [0, 0.1) is 6.92 Å². The van der Waals surface area contributed by atoms with Crippen LogP contribution in [-0.4, -0.2) is 29.3 Å². The molecule has 0 N–H and O–H groups in total. The molecule has 0 bridgehead atoms. The smallest absolute Gasteiger partial charge is 0.0905 e. The second-order valence-corrected chi connectivity index (χ2v) is 6.55. The van der Waals surface area contributed by atoms with Crippen LogP contribution in [0.2, 0.25) is 5.02 Å². The fraction of sp³-hybridized carbons (Fsp3) is 0.278. The number of fused-ring (bicyclic) bond motifs is 1. The van der Waals surface area contributed by atoms with Crippen LogP contribution in [0.25, 0.3) is 10.9 Å². The van der Waals surface area contributed by atoms with E-state index in [4.69, 9.17) is 11.6 Å². The molecule has 4 rings (SSSR count). The number of aryl methyl sites for hydroxylation is 2. The second-order valence-electron chi connectivity index (χ2n) is 6.12. The van der Waals surface area contributed by atoms with Crippen LogP contribution >= 0.6 is 11.6 Å². The lowest BCUT2D eigenvalue weighted by molar-refractivity contribution is 0.925. The van der Waals surface area contributed by atoms with Gasteiger partial charge >= 0.3 is 0 Å². The number of pyridine rings is 1. The van der Waals surface area contributed by atoms with Gasteiger partial charge in [0.2, 0.25) is 0 Å². The molecule has 4 nitrogen and oxygen atoms in total. The highest BCUT2D eigenvalue weighted by molar-refractivity contribution is 6.31. The summed E-state index contributed by atoms with van der Waals surface area (Å²) in [4.78, 5) is 9.06. The number of hydrogen-bond acceptors (Lipinski definition) is 3. The lowest BCUT2D eigenvalue weighted by Gasteiger charge is -2.21. The molecule has 0 aliphatic carbocycles. The zero-order chi connectivity index (χ0) is 16.0. The molecular weight excluding hydrogens is 308 g/mol. The fourth-order valence-corrected chi connectivity index (χ4v) is 3.54. The number of hydrogen-bond donors (Lipinski definition) is 0. The van der Waals surface area contributed by atoms with Crippen molar-refractivity contribution >= 4 is 33.9 Å². The van der Waals surface area contributed by atoms with Crippen LogP contribution in [-0.2, 0) is 7.05 Å². The van der Waals surface area contributed by atoms with Gasteiger partial charge < -0.3 is 14.4 Å². The average Bonchev–Trinajstić information content (AvgIpc) is 3.13. The predicted molar refractivity (Wildman–Crippen MR) is 96.5 cm³/mol. The number of rotatable bonds is 2. The van der Waals surface area contributed by atoms with E-state index in [-0.39, 0.29) is 0 Å². The Morgan fingerprint density at radius 3 is 2.65 bits per heavy atom. The summed E-state index contributed by atoms with van der Waals surface area (Å²) in [5.41, 5.74) is 4.94. The normalized spacial score (nSPS) is 14.9. The van der Waals surface area contributed by atoms with E-state index in [2.05, 4.69) is 57.7 Å². The number of nitrogens with zero attached hydrogens (tertiary/aromatic N) is 4. The average molecular weight is 327 g/mol. The molecule has 5 heteroatoms. The summed E-state index contributed by atoms with van der Waals surface area (Å²) in [6.07, 6.45) is 6.00. The molecule has 1 aromatic carbocycles. The van der Waals surface area contributed by atoms with Crippen LogP contribution in [0.3, 0.4) is 0 Å². The summed E-state index contributed by atoms with van der Waals surface area (Å²) in [5.74, 6) is 0. The van der Waals surface area contributed by atoms with Crippen molar-refractivity contribution in [2.45, 2.75) is 6.92 Å². The van der Waals surface area contributed by atoms with E-state index in [1.807, 2.05) is 18.5 Å². The third-order valence-corrected chi connectivity index (χ3v) is 4.84. The quantitative estimate of drug-likeness (QED) is 0.715. The first-order valence-electron chi connectivity index (χ1n) is 7.78. The van der Waals surface area contributed by atoms with Gasteiger partial charge in [0, 0.05) is 48.5 Å². The molecule has 118 valence electrons. The van der Waals surface area contributed by atoms with Crippen LogP contribution < -0.4 is 9.80 Å². The van der Waals surface area contributed by atoms with Gasteiger partial charge in [-0.15, -0.1) is 0 Å². The SMILES string of the molecule is Cc1ccncc1N1CCN(c2cn(C)c3ccc(Cl)cc23)C1. The molecule has 1 aliphatic heterocycles. The molecule has 3 heterocycles. The fourth-order valence-electron chi connectivity index (χ4n) is 3.36. The molecule has 1 fully saturated rings. The van der Waals surface area contributed by atoms with E-state index in [0.717, 1.165) is 24.8 Å². The number of aromatic nitrogens is 2. The molecule has 0 radical (unpaired) electrons. The van der Waals surface area contributed by atoms with Gasteiger partial charge in [-0.25, -0.2) is 0 Å². The van der Waals surface area contributed by atoms with E-state index in [1.165, 1.54) is 27.8 Å². The van der Waals surface area contributed by atoms with Crippen LogP contribution in [0.4, 0.5) is 11.4 Å². The molecule has 0 atom stereocenters. The first kappa shape index (κ1) is 14.4. The summed E-state index contributed by atoms with van der Waals surface area (Å²) < 4.78 is 2.17. The van der Waals surface area contributed by atoms with Crippen molar-refractivity contribution in [3.63, 3.8) is 0 Å². The van der Waals surface area contributed by atoms with Crippen molar-refractivity contribution in [1.82, 2.24) is 9.55 Å². The Bertz CT molecular complexity index is 871. The minimum Gasteiger partial charge on any atom is -0.351 e. The maximum Gasteiger partial charge on any atom is 0.0905 e. The number of halogens is 1. The largest absolute Gasteiger partial charge is 0.351 e. The topological polar surface area (TPSA) is 24.3 Å². The van der Waals surface area contributed by atoms with Crippen molar-refractivity contribution < 1.29 is 0 Å². The Labute approximate surface area is 140 Å². The Morgan fingerprint density at radius 1 is 1.09 bits per heavy atom. The van der Waals surface area contributed by atoms with Crippen LogP contribution in [0.15, 0.2) is 42.9 Å². The Kier molecular flexibility index (Phi) is 3.42. The third kappa shape index (κ3) is 2.43. The van der Waals surface area contributed by atoms with Gasteiger partial charge in [0.15, 0.2) is 0 Å². The highest BCUT2D eigenvalue weighted by Gasteiger charge is 2.24. The van der Waals surface area contributed by atoms with Gasteiger partial charge in [-0.3, -0.25) is 4.98 Å². The molecule has 23 heavy (non-hydrogen) atoms. The van der Waals surface area contributed by atoms with Gasteiger partial charge in [-0.05, 0) is 36.8 Å². The summed E-state index contributed by atoms with van der Waals surface area (Å²) in [5, 5.41) is 1.99. The Hall–Kier alpha value is -2.20. The summed E-state index contributed by atoms with van der Waals surface area (Å²) in [7, 11) is 2.08. The second kappa shape index (κ2) is 5.46. The zero-order valence-electron chi connectivity index (χ0n) is 13.3. The molecular formula is C18H19ClN4. The van der Waals surface area contributed by atoms with E-state index in [1.54, 1.807) is 0 Å². The van der Waals surface area contributed by atoms with Crippen molar-refractivity contribution in [3.8, 4) is 0 Å². The first-order chi connectivity index (χ1) is 11.1. The van der Waals surface area contributed by atoms with E-state index >= 15 is 0 Å². The lowest BCUT2D eigenvalue weighted by atomic mass is 10.2. The van der Waals surface area contributed by atoms with Crippen molar-refractivity contribution in [2.24, 2.45) is 7.05 Å². The van der Waals surface area contributed by atoms with Crippen molar-refractivity contribution in [1.29, 1.82) is 0 Å². The zero-order valence-corrected chi connectivity index (χ0v) is 14.1. The number of anilines is 2. The van der Waals surface area contributed by atoms with Crippen molar-refractivity contribution in [2.75, 3.05) is 29.6 Å². The molecule has 1 saturated heterocycles. The Morgan fingerprint density at radius 2 is 1.87 bits per heavy atom. The lowest BCUT2D eigenvalue weighted by Crippen LogP contribution is -2.25. The van der Waals surface area contributed by atoms with Crippen molar-refractivity contribution in [3.05, 3.63) is 53.4 Å². The molecule has 2 aromatic heterocycles. The first-order valence-corrected chi connectivity index (χ1v) is 8.16. The van der Waals surface area contributed by atoms with E-state index < -0.39 is 0 Å². The van der Waals surface area contributed by atoms with Crippen LogP contribution in [0.5, 0.6) is 0 Å². The van der Waals surface area contributed by atoms with Gasteiger partial charge in [0.1, 0.15) is 0 Å². The van der Waals surface area contributed by atoms with E-state index in [9.17, 15) is 0 Å². The maximum atomic E-state index is 6.21. The summed E-state index contributed by atoms with van der Waals surface area (Å²) in [6, 6.07) is 8.16. The van der Waals surface area contributed by atoms with E-state index in [0.29, 0.717) is 0 Å². The third-order valence-electron chi connectivity index (χ3n) is 4.60. The molecule has 3 aromatic rings. The van der Waals surface area contributed by atoms with Crippen LogP contribution in [0.1, 0.15) is 5.56 Å². The highest BCUT2D eigenvalue weighted by Crippen LogP contribution is 2.33. The molecule has 0 unspecified atom stereocenters. The predicted octanol–water partition coefficient (Wildman–Crippen LogP) is 3.82. The van der Waals surface area contributed by atoms with Gasteiger partial charge in [-0.1, -0.05) is 11.6 Å². The molecule has 0 amide bonds. The minimum atomic E-state index is 0.782. The standard InChI is InChI=1S/C18H19ClN4/c1-13-5-6-20-10-17(13)22-7-8-23(12-22)18-11-21(2)16-4-3-14(19)9-15(16)18/h3-6,9-11H,7-8,12H2,1-2H3. The maximum absolute atomic E-state index is 6.21. The van der Waals surface area contributed by atoms with Gasteiger partial charge in [0.05, 0.1) is 24.2 Å². The Balaban J connectivity index is 1.68. The molecule has 0 spiro atoms. The summed E-state index contributed by atoms with van der Waals surface area (Å²) in [6.45, 7) is 5.01. The minimum absolute atomic E-state index is 0.782. The number of benzene rings is 1. The highest BCUT2D eigenvalue weighted by atomic mass is 35.5. The molecule has 1 aliphatic rings. The van der Waals surface area contributed by atoms with Gasteiger partial charge in [-0.2, -0.15) is 0 Å². The molecule has 0 saturated carbocycles.